The van der Waals surface area contributed by atoms with Gasteiger partial charge in [-0.15, -0.1) is 0 Å². The number of Topliss-reactive ketones (excluding diaryl/α,β-unsaturated/α-hetero) is 1. The Kier molecular flexibility index (Phi) is 2.29. The highest BCUT2D eigenvalue weighted by Gasteiger charge is 2.19. The molecule has 0 spiro atoms. The predicted octanol–water partition coefficient (Wildman–Crippen LogP) is 1.60. The summed E-state index contributed by atoms with van der Waals surface area (Å²) in [5.41, 5.74) is 0. The third-order valence-corrected chi connectivity index (χ3v) is 2.30. The van der Waals surface area contributed by atoms with E-state index in [9.17, 15) is 4.79 Å². The molecule has 0 bridgehead atoms. The van der Waals surface area contributed by atoms with Gasteiger partial charge in [0.15, 0.2) is 0 Å². The SMILES string of the molecule is O=C1CCC(Nc2ncco2)CC1. The molecule has 1 heterocycles. The summed E-state index contributed by atoms with van der Waals surface area (Å²) in [4.78, 5) is 14.9. The Balaban J connectivity index is 1.86. The minimum absolute atomic E-state index is 0.344. The molecule has 0 aliphatic heterocycles. The third kappa shape index (κ3) is 2.08. The number of nitrogens with zero attached hydrogens (tertiary/aromatic N) is 1. The lowest BCUT2D eigenvalue weighted by Gasteiger charge is -2.20. The molecule has 0 unspecified atom stereocenters. The summed E-state index contributed by atoms with van der Waals surface area (Å²) < 4.78 is 5.06. The van der Waals surface area contributed by atoms with Crippen LogP contribution in [0.4, 0.5) is 6.01 Å². The fourth-order valence-corrected chi connectivity index (χ4v) is 1.55. The van der Waals surface area contributed by atoms with Crippen LogP contribution >= 0.6 is 0 Å². The van der Waals surface area contributed by atoms with Crippen LogP contribution in [0.15, 0.2) is 16.9 Å². The van der Waals surface area contributed by atoms with E-state index in [1.807, 2.05) is 0 Å². The predicted molar refractivity (Wildman–Crippen MR) is 47.4 cm³/mol. The molecular weight excluding hydrogens is 168 g/mol. The fourth-order valence-electron chi connectivity index (χ4n) is 1.55. The summed E-state index contributed by atoms with van der Waals surface area (Å²) in [7, 11) is 0. The highest BCUT2D eigenvalue weighted by molar-refractivity contribution is 5.79. The van der Waals surface area contributed by atoms with Crippen molar-refractivity contribution in [3.8, 4) is 0 Å². The molecule has 0 atom stereocenters. The molecule has 1 N–H and O–H groups in total. The maximum atomic E-state index is 10.9. The minimum Gasteiger partial charge on any atom is -0.432 e. The van der Waals surface area contributed by atoms with Gasteiger partial charge >= 0.3 is 0 Å². The molecule has 0 radical (unpaired) electrons. The van der Waals surface area contributed by atoms with E-state index in [4.69, 9.17) is 4.42 Å². The van der Waals surface area contributed by atoms with Crippen molar-refractivity contribution < 1.29 is 9.21 Å². The molecule has 0 saturated heterocycles. The molecule has 4 nitrogen and oxygen atoms in total. The van der Waals surface area contributed by atoms with Crippen LogP contribution in [-0.2, 0) is 4.79 Å². The van der Waals surface area contributed by atoms with Crippen LogP contribution in [0.1, 0.15) is 25.7 Å². The number of rotatable bonds is 2. The second-order valence-corrected chi connectivity index (χ2v) is 3.29. The van der Waals surface area contributed by atoms with Gasteiger partial charge in [-0.25, -0.2) is 4.98 Å². The zero-order valence-electron chi connectivity index (χ0n) is 7.32. The molecule has 4 heteroatoms. The topological polar surface area (TPSA) is 55.1 Å². The Hall–Kier alpha value is -1.32. The van der Waals surface area contributed by atoms with E-state index in [0.29, 0.717) is 30.7 Å². The van der Waals surface area contributed by atoms with Gasteiger partial charge in [0.1, 0.15) is 12.0 Å². The highest BCUT2D eigenvalue weighted by Crippen LogP contribution is 2.18. The lowest BCUT2D eigenvalue weighted by atomic mass is 9.95. The molecule has 13 heavy (non-hydrogen) atoms. The Labute approximate surface area is 76.3 Å². The van der Waals surface area contributed by atoms with Crippen molar-refractivity contribution in [1.82, 2.24) is 4.98 Å². The van der Waals surface area contributed by atoms with Crippen molar-refractivity contribution in [2.75, 3.05) is 5.32 Å². The number of carbonyl (C=O) groups is 1. The van der Waals surface area contributed by atoms with Crippen molar-refractivity contribution in [2.24, 2.45) is 0 Å². The van der Waals surface area contributed by atoms with Crippen molar-refractivity contribution in [3.05, 3.63) is 12.5 Å². The summed E-state index contributed by atoms with van der Waals surface area (Å²) >= 11 is 0. The first-order valence-corrected chi connectivity index (χ1v) is 4.52. The van der Waals surface area contributed by atoms with Gasteiger partial charge in [-0.05, 0) is 12.8 Å². The molecule has 0 aromatic carbocycles. The van der Waals surface area contributed by atoms with E-state index >= 15 is 0 Å². The number of oxazole rings is 1. The summed E-state index contributed by atoms with van der Waals surface area (Å²) in [5.74, 6) is 0.366. The van der Waals surface area contributed by atoms with Crippen molar-refractivity contribution in [2.45, 2.75) is 31.7 Å². The smallest absolute Gasteiger partial charge is 0.294 e. The Morgan fingerprint density at radius 3 is 2.85 bits per heavy atom. The molecule has 2 rings (SSSR count). The maximum absolute atomic E-state index is 10.9. The number of ketones is 1. The van der Waals surface area contributed by atoms with E-state index < -0.39 is 0 Å². The second-order valence-electron chi connectivity index (χ2n) is 3.29. The Bertz CT molecular complexity index is 272. The quantitative estimate of drug-likeness (QED) is 0.751. The van der Waals surface area contributed by atoms with Crippen LogP contribution in [-0.4, -0.2) is 16.8 Å². The van der Waals surface area contributed by atoms with Gasteiger partial charge in [-0.2, -0.15) is 0 Å². The van der Waals surface area contributed by atoms with Crippen LogP contribution < -0.4 is 5.32 Å². The van der Waals surface area contributed by atoms with Crippen LogP contribution in [0, 0.1) is 0 Å². The van der Waals surface area contributed by atoms with Gasteiger partial charge in [-0.1, -0.05) is 0 Å². The molecule has 1 aliphatic carbocycles. The van der Waals surface area contributed by atoms with Crippen LogP contribution in [0.2, 0.25) is 0 Å². The molecule has 1 aromatic rings. The number of nitrogens with one attached hydrogen (secondary N) is 1. The van der Waals surface area contributed by atoms with E-state index in [1.54, 1.807) is 6.20 Å². The van der Waals surface area contributed by atoms with E-state index in [2.05, 4.69) is 10.3 Å². The van der Waals surface area contributed by atoms with Crippen molar-refractivity contribution in [1.29, 1.82) is 0 Å². The molecule has 1 fully saturated rings. The summed E-state index contributed by atoms with van der Waals surface area (Å²) in [6, 6.07) is 0.899. The molecule has 1 aliphatic rings. The Morgan fingerprint density at radius 2 is 2.23 bits per heavy atom. The highest BCUT2D eigenvalue weighted by atomic mass is 16.4. The van der Waals surface area contributed by atoms with E-state index in [-0.39, 0.29) is 0 Å². The largest absolute Gasteiger partial charge is 0.432 e. The lowest BCUT2D eigenvalue weighted by molar-refractivity contribution is -0.120. The second kappa shape index (κ2) is 3.60. The van der Waals surface area contributed by atoms with E-state index in [1.165, 1.54) is 6.26 Å². The number of hydrogen-bond donors (Lipinski definition) is 1. The van der Waals surface area contributed by atoms with Crippen molar-refractivity contribution in [3.63, 3.8) is 0 Å². The number of anilines is 1. The first kappa shape index (κ1) is 8.29. The molecule has 0 amide bonds. The maximum Gasteiger partial charge on any atom is 0.294 e. The lowest BCUT2D eigenvalue weighted by Crippen LogP contribution is -2.26. The molecule has 1 saturated carbocycles. The first-order chi connectivity index (χ1) is 6.34. The monoisotopic (exact) mass is 180 g/mol. The standard InChI is InChI=1S/C9H12N2O2/c12-8-3-1-7(2-4-8)11-9-10-5-6-13-9/h5-7H,1-4H2,(H,10,11). The summed E-state index contributed by atoms with van der Waals surface area (Å²) in [6.45, 7) is 0. The van der Waals surface area contributed by atoms with Gasteiger partial charge in [0.2, 0.25) is 0 Å². The van der Waals surface area contributed by atoms with Crippen LogP contribution in [0.5, 0.6) is 0 Å². The van der Waals surface area contributed by atoms with Crippen LogP contribution in [0.25, 0.3) is 0 Å². The summed E-state index contributed by atoms with van der Waals surface area (Å²) in [5, 5.41) is 3.15. The van der Waals surface area contributed by atoms with Gasteiger partial charge in [0.25, 0.3) is 6.01 Å². The van der Waals surface area contributed by atoms with Crippen LogP contribution in [0.3, 0.4) is 0 Å². The fraction of sp³-hybridized carbons (Fsp3) is 0.556. The average Bonchev–Trinajstić information content (AvgIpc) is 2.62. The number of aromatic nitrogens is 1. The van der Waals surface area contributed by atoms with Gasteiger partial charge in [-0.3, -0.25) is 4.79 Å². The molecule has 1 aromatic heterocycles. The van der Waals surface area contributed by atoms with Gasteiger partial charge in [0, 0.05) is 18.9 Å². The molecular formula is C9H12N2O2. The van der Waals surface area contributed by atoms with Gasteiger partial charge < -0.3 is 9.73 Å². The summed E-state index contributed by atoms with van der Waals surface area (Å²) in [6.07, 6.45) is 6.28. The van der Waals surface area contributed by atoms with Crippen molar-refractivity contribution >= 4 is 11.8 Å². The molecule has 70 valence electrons. The average molecular weight is 180 g/mol. The van der Waals surface area contributed by atoms with Gasteiger partial charge in [0.05, 0.1) is 6.20 Å². The Morgan fingerprint density at radius 1 is 1.46 bits per heavy atom. The first-order valence-electron chi connectivity index (χ1n) is 4.52. The number of carbonyl (C=O) groups excluding carboxylic acids is 1. The van der Waals surface area contributed by atoms with E-state index in [0.717, 1.165) is 12.8 Å². The zero-order valence-corrected chi connectivity index (χ0v) is 7.32. The minimum atomic E-state index is 0.344. The third-order valence-electron chi connectivity index (χ3n) is 2.30. The number of hydrogen-bond acceptors (Lipinski definition) is 4. The normalized spacial score (nSPS) is 18.9. The zero-order chi connectivity index (χ0) is 9.10.